The van der Waals surface area contributed by atoms with Crippen molar-refractivity contribution in [3.05, 3.63) is 12.8 Å². The summed E-state index contributed by atoms with van der Waals surface area (Å²) < 4.78 is 4.90. The number of carbonyl (C=O) groups excluding carboxylic acids is 1. The summed E-state index contributed by atoms with van der Waals surface area (Å²) in [6.07, 6.45) is 11.4. The molecule has 0 saturated heterocycles. The molecule has 0 spiro atoms. The third kappa shape index (κ3) is 3.37. The molecule has 0 N–H and O–H groups in total. The molecule has 102 valence electrons. The van der Waals surface area contributed by atoms with Crippen molar-refractivity contribution in [3.63, 3.8) is 0 Å². The second-order valence-corrected chi connectivity index (χ2v) is 6.24. The average molecular weight is 250 g/mol. The Morgan fingerprint density at radius 3 is 2.00 bits per heavy atom. The fourth-order valence-electron chi connectivity index (χ4n) is 3.76. The summed E-state index contributed by atoms with van der Waals surface area (Å²) >= 11 is 0. The molecule has 18 heavy (non-hydrogen) atoms. The van der Waals surface area contributed by atoms with E-state index < -0.39 is 0 Å². The van der Waals surface area contributed by atoms with E-state index in [0.717, 1.165) is 30.6 Å². The van der Waals surface area contributed by atoms with Crippen molar-refractivity contribution in [2.45, 2.75) is 58.3 Å². The lowest BCUT2D eigenvalue weighted by atomic mass is 9.69. The van der Waals surface area contributed by atoms with Crippen LogP contribution < -0.4 is 0 Å². The van der Waals surface area contributed by atoms with Gasteiger partial charge in [-0.05, 0) is 56.3 Å². The molecule has 0 bridgehead atoms. The summed E-state index contributed by atoms with van der Waals surface area (Å²) in [5, 5.41) is 0. The summed E-state index contributed by atoms with van der Waals surface area (Å²) in [5.74, 6) is 2.78. The molecular weight excluding hydrogens is 224 g/mol. The number of rotatable bonds is 3. The van der Waals surface area contributed by atoms with E-state index >= 15 is 0 Å². The van der Waals surface area contributed by atoms with Crippen molar-refractivity contribution in [2.24, 2.45) is 23.7 Å². The number of esters is 1. The summed E-state index contributed by atoms with van der Waals surface area (Å²) in [7, 11) is 0. The molecule has 2 aliphatic carbocycles. The first kappa shape index (κ1) is 13.6. The van der Waals surface area contributed by atoms with Gasteiger partial charge in [0.15, 0.2) is 0 Å². The van der Waals surface area contributed by atoms with Gasteiger partial charge in [0, 0.05) is 0 Å². The lowest BCUT2D eigenvalue weighted by Gasteiger charge is -2.36. The monoisotopic (exact) mass is 250 g/mol. The van der Waals surface area contributed by atoms with Crippen molar-refractivity contribution in [1.29, 1.82) is 0 Å². The standard InChI is InChI=1S/C16H26O2/c1-3-18-16(17)15-10-8-14(9-11-15)13-6-4-12(2)5-7-13/h3,12-15H,1,4-11H2,2H3. The predicted octanol–water partition coefficient (Wildman–Crippen LogP) is 4.31. The zero-order valence-corrected chi connectivity index (χ0v) is 11.6. The highest BCUT2D eigenvalue weighted by atomic mass is 16.5. The van der Waals surface area contributed by atoms with Crippen molar-refractivity contribution < 1.29 is 9.53 Å². The third-order valence-corrected chi connectivity index (χ3v) is 5.03. The summed E-state index contributed by atoms with van der Waals surface area (Å²) in [5.41, 5.74) is 0. The molecule has 0 aromatic carbocycles. The van der Waals surface area contributed by atoms with Crippen LogP contribution in [0.5, 0.6) is 0 Å². The molecule has 0 aromatic heterocycles. The Morgan fingerprint density at radius 2 is 1.50 bits per heavy atom. The lowest BCUT2D eigenvalue weighted by molar-refractivity contribution is -0.144. The molecule has 2 nitrogen and oxygen atoms in total. The first-order valence-corrected chi connectivity index (χ1v) is 7.52. The fourth-order valence-corrected chi connectivity index (χ4v) is 3.76. The predicted molar refractivity (Wildman–Crippen MR) is 72.9 cm³/mol. The van der Waals surface area contributed by atoms with Crippen LogP contribution in [0, 0.1) is 23.7 Å². The van der Waals surface area contributed by atoms with Gasteiger partial charge in [-0.25, -0.2) is 0 Å². The lowest BCUT2D eigenvalue weighted by Crippen LogP contribution is -2.28. The highest BCUT2D eigenvalue weighted by molar-refractivity contribution is 5.73. The Labute approximate surface area is 111 Å². The molecule has 2 fully saturated rings. The highest BCUT2D eigenvalue weighted by Gasteiger charge is 2.32. The summed E-state index contributed by atoms with van der Waals surface area (Å²) in [6, 6.07) is 0. The van der Waals surface area contributed by atoms with Crippen LogP contribution in [-0.4, -0.2) is 5.97 Å². The van der Waals surface area contributed by atoms with Crippen LogP contribution in [0.2, 0.25) is 0 Å². The molecule has 0 atom stereocenters. The van der Waals surface area contributed by atoms with E-state index in [2.05, 4.69) is 13.5 Å². The van der Waals surface area contributed by atoms with Crippen LogP contribution in [-0.2, 0) is 9.53 Å². The van der Waals surface area contributed by atoms with Crippen LogP contribution in [0.15, 0.2) is 12.8 Å². The molecule has 2 rings (SSSR count). The van der Waals surface area contributed by atoms with E-state index in [0.29, 0.717) is 0 Å². The minimum Gasteiger partial charge on any atom is -0.435 e. The van der Waals surface area contributed by atoms with Gasteiger partial charge in [-0.2, -0.15) is 0 Å². The normalized spacial score (nSPS) is 36.9. The van der Waals surface area contributed by atoms with E-state index in [1.807, 2.05) is 0 Å². The molecular formula is C16H26O2. The van der Waals surface area contributed by atoms with Gasteiger partial charge >= 0.3 is 5.97 Å². The van der Waals surface area contributed by atoms with Crippen molar-refractivity contribution >= 4 is 5.97 Å². The third-order valence-electron chi connectivity index (χ3n) is 5.03. The topological polar surface area (TPSA) is 26.3 Å². The van der Waals surface area contributed by atoms with Crippen molar-refractivity contribution in [2.75, 3.05) is 0 Å². The smallest absolute Gasteiger partial charge is 0.313 e. The van der Waals surface area contributed by atoms with Gasteiger partial charge in [-0.15, -0.1) is 0 Å². The molecule has 0 unspecified atom stereocenters. The Hall–Kier alpha value is -0.790. The van der Waals surface area contributed by atoms with Gasteiger partial charge in [-0.1, -0.05) is 26.3 Å². The molecule has 2 aliphatic rings. The number of ether oxygens (including phenoxy) is 1. The largest absolute Gasteiger partial charge is 0.435 e. The van der Waals surface area contributed by atoms with Crippen LogP contribution in [0.4, 0.5) is 0 Å². The average Bonchev–Trinajstić information content (AvgIpc) is 2.40. The van der Waals surface area contributed by atoms with Crippen LogP contribution >= 0.6 is 0 Å². The molecule has 0 radical (unpaired) electrons. The Morgan fingerprint density at radius 1 is 1.00 bits per heavy atom. The van der Waals surface area contributed by atoms with Crippen LogP contribution in [0.25, 0.3) is 0 Å². The Balaban J connectivity index is 1.76. The molecule has 0 amide bonds. The van der Waals surface area contributed by atoms with Gasteiger partial charge in [0.1, 0.15) is 0 Å². The van der Waals surface area contributed by atoms with Crippen molar-refractivity contribution in [1.82, 2.24) is 0 Å². The van der Waals surface area contributed by atoms with Gasteiger partial charge in [0.2, 0.25) is 0 Å². The maximum Gasteiger partial charge on any atom is 0.313 e. The van der Waals surface area contributed by atoms with Gasteiger partial charge in [0.05, 0.1) is 12.2 Å². The van der Waals surface area contributed by atoms with Gasteiger partial charge in [0.25, 0.3) is 0 Å². The number of carbonyl (C=O) groups is 1. The minimum absolute atomic E-state index is 0.0688. The minimum atomic E-state index is -0.0688. The molecule has 0 aliphatic heterocycles. The zero-order valence-electron chi connectivity index (χ0n) is 11.6. The van der Waals surface area contributed by atoms with E-state index in [4.69, 9.17) is 4.74 Å². The molecule has 2 saturated carbocycles. The Bertz CT molecular complexity index is 281. The number of hydrogen-bond acceptors (Lipinski definition) is 2. The van der Waals surface area contributed by atoms with Gasteiger partial charge < -0.3 is 4.74 Å². The van der Waals surface area contributed by atoms with E-state index in [-0.39, 0.29) is 11.9 Å². The zero-order chi connectivity index (χ0) is 13.0. The molecule has 0 heterocycles. The second kappa shape index (κ2) is 6.40. The van der Waals surface area contributed by atoms with E-state index in [9.17, 15) is 4.79 Å². The second-order valence-electron chi connectivity index (χ2n) is 6.24. The first-order chi connectivity index (χ1) is 8.70. The van der Waals surface area contributed by atoms with E-state index in [1.54, 1.807) is 0 Å². The SMILES string of the molecule is C=COC(=O)C1CCC(C2CCC(C)CC2)CC1. The summed E-state index contributed by atoms with van der Waals surface area (Å²) in [6.45, 7) is 5.82. The molecule has 2 heteroatoms. The fraction of sp³-hybridized carbons (Fsp3) is 0.812. The first-order valence-electron chi connectivity index (χ1n) is 7.52. The van der Waals surface area contributed by atoms with E-state index in [1.165, 1.54) is 44.8 Å². The summed E-state index contributed by atoms with van der Waals surface area (Å²) in [4.78, 5) is 11.6. The van der Waals surface area contributed by atoms with Crippen LogP contribution in [0.3, 0.4) is 0 Å². The van der Waals surface area contributed by atoms with Gasteiger partial charge in [-0.3, -0.25) is 4.79 Å². The maximum atomic E-state index is 11.6. The quantitative estimate of drug-likeness (QED) is 0.551. The van der Waals surface area contributed by atoms with Crippen molar-refractivity contribution in [3.8, 4) is 0 Å². The molecule has 0 aromatic rings. The maximum absolute atomic E-state index is 11.6. The highest BCUT2D eigenvalue weighted by Crippen LogP contribution is 2.41. The number of hydrogen-bond donors (Lipinski definition) is 0. The van der Waals surface area contributed by atoms with Crippen LogP contribution in [0.1, 0.15) is 58.3 Å². The Kier molecular flexibility index (Phi) is 4.85.